The Bertz CT molecular complexity index is 118. The topological polar surface area (TPSA) is 27.7 Å². The van der Waals surface area contributed by atoms with Crippen LogP contribution in [-0.4, -0.2) is 13.6 Å². The van der Waals surface area contributed by atoms with Crippen LogP contribution in [0.15, 0.2) is 0 Å². The first kappa shape index (κ1) is 12.2. The molecular formula is C4H9F3O3SSi. The molecule has 0 saturated carbocycles. The van der Waals surface area contributed by atoms with E-state index < -0.39 is 13.6 Å². The molecule has 8 heteroatoms. The van der Waals surface area contributed by atoms with Gasteiger partial charge < -0.3 is 0 Å². The molecule has 0 aromatic rings. The average molecular weight is 222 g/mol. The maximum Gasteiger partial charge on any atom is 0.551 e. The van der Waals surface area contributed by atoms with Crippen molar-refractivity contribution in [2.75, 3.05) is 0 Å². The van der Waals surface area contributed by atoms with Crippen molar-refractivity contribution in [1.29, 1.82) is 0 Å². The van der Waals surface area contributed by atoms with Crippen molar-refractivity contribution in [3.63, 3.8) is 0 Å². The summed E-state index contributed by atoms with van der Waals surface area (Å²) in [4.78, 5) is 2.90. The van der Waals surface area contributed by atoms with Crippen LogP contribution in [0.25, 0.3) is 0 Å². The molecular weight excluding hydrogens is 213 g/mol. The van der Waals surface area contributed by atoms with Gasteiger partial charge in [0.15, 0.2) is 0 Å². The van der Waals surface area contributed by atoms with Gasteiger partial charge in [0.1, 0.15) is 7.22 Å². The Hall–Kier alpha value is 0.237. The third-order valence-corrected chi connectivity index (χ3v) is 2.77. The Labute approximate surface area is 72.9 Å². The van der Waals surface area contributed by atoms with E-state index >= 15 is 0 Å². The van der Waals surface area contributed by atoms with E-state index in [0.717, 1.165) is 11.5 Å². The second-order valence-corrected chi connectivity index (χ2v) is 11.6. The van der Waals surface area contributed by atoms with E-state index in [-0.39, 0.29) is 0 Å². The molecule has 0 atom stereocenters. The van der Waals surface area contributed by atoms with Gasteiger partial charge in [-0.3, -0.25) is 0 Å². The van der Waals surface area contributed by atoms with Gasteiger partial charge in [0.25, 0.3) is 0 Å². The molecule has 0 aromatic carbocycles. The Morgan fingerprint density at radius 3 is 2.00 bits per heavy atom. The van der Waals surface area contributed by atoms with Crippen LogP contribution in [0.2, 0.25) is 19.6 Å². The van der Waals surface area contributed by atoms with Crippen molar-refractivity contribution in [2.24, 2.45) is 0 Å². The zero-order valence-electron chi connectivity index (χ0n) is 6.77. The highest BCUT2D eigenvalue weighted by atomic mass is 32.4. The summed E-state index contributed by atoms with van der Waals surface area (Å²) in [5.41, 5.74) is 0. The SMILES string of the molecule is C[Si](C)(C)SOOOC(F)(F)F. The van der Waals surface area contributed by atoms with E-state index in [4.69, 9.17) is 0 Å². The minimum atomic E-state index is -4.82. The molecule has 0 fully saturated rings. The third-order valence-electron chi connectivity index (χ3n) is 0.440. The Balaban J connectivity index is 3.35. The fourth-order valence-electron chi connectivity index (χ4n) is 0.168. The van der Waals surface area contributed by atoms with E-state index in [1.165, 1.54) is 0 Å². The molecule has 0 N–H and O–H groups in total. The highest BCUT2D eigenvalue weighted by Gasteiger charge is 2.32. The smallest absolute Gasteiger partial charge is 0.142 e. The molecule has 0 heterocycles. The van der Waals surface area contributed by atoms with Gasteiger partial charge in [-0.05, 0) is 5.04 Å². The lowest BCUT2D eigenvalue weighted by atomic mass is 11.4. The number of rotatable bonds is 4. The summed E-state index contributed by atoms with van der Waals surface area (Å²) < 4.78 is 37.9. The lowest BCUT2D eigenvalue weighted by molar-refractivity contribution is -0.570. The summed E-state index contributed by atoms with van der Waals surface area (Å²) in [6.07, 6.45) is -4.82. The second-order valence-electron chi connectivity index (χ2n) is 2.86. The molecule has 0 amide bonds. The van der Waals surface area contributed by atoms with Crippen LogP contribution in [0.1, 0.15) is 0 Å². The van der Waals surface area contributed by atoms with Gasteiger partial charge in [0.05, 0.1) is 0 Å². The minimum absolute atomic E-state index is 0.866. The van der Waals surface area contributed by atoms with Crippen molar-refractivity contribution in [1.82, 2.24) is 0 Å². The van der Waals surface area contributed by atoms with Crippen LogP contribution in [0.5, 0.6) is 0 Å². The second kappa shape index (κ2) is 4.47. The van der Waals surface area contributed by atoms with Crippen molar-refractivity contribution in [3.05, 3.63) is 0 Å². The molecule has 0 aliphatic heterocycles. The normalized spacial score (nSPS) is 13.5. The highest BCUT2D eigenvalue weighted by Crippen LogP contribution is 2.23. The van der Waals surface area contributed by atoms with E-state index in [0.29, 0.717) is 0 Å². The van der Waals surface area contributed by atoms with Crippen LogP contribution < -0.4 is 0 Å². The standard InChI is InChI=1S/C4H9F3O3SSi/c1-12(2,3)11-10-9-8-4(5,6)7/h1-3H3. The largest absolute Gasteiger partial charge is 0.551 e. The lowest BCUT2D eigenvalue weighted by Crippen LogP contribution is -2.17. The van der Waals surface area contributed by atoms with Crippen LogP contribution in [-0.2, 0) is 14.3 Å². The van der Waals surface area contributed by atoms with Gasteiger partial charge in [0.2, 0.25) is 0 Å². The third kappa shape index (κ3) is 10.2. The fourth-order valence-corrected chi connectivity index (χ4v) is 1.12. The molecule has 12 heavy (non-hydrogen) atoms. The summed E-state index contributed by atoms with van der Waals surface area (Å²) in [5, 5.41) is 3.45. The van der Waals surface area contributed by atoms with Crippen molar-refractivity contribution in [3.8, 4) is 0 Å². The predicted molar refractivity (Wildman–Crippen MR) is 40.2 cm³/mol. The number of hydrogen-bond acceptors (Lipinski definition) is 4. The molecule has 3 nitrogen and oxygen atoms in total. The quantitative estimate of drug-likeness (QED) is 0.240. The van der Waals surface area contributed by atoms with Crippen LogP contribution in [0, 0.1) is 0 Å². The Morgan fingerprint density at radius 1 is 1.17 bits per heavy atom. The zero-order valence-corrected chi connectivity index (χ0v) is 8.58. The van der Waals surface area contributed by atoms with Crippen LogP contribution in [0.3, 0.4) is 0 Å². The highest BCUT2D eigenvalue weighted by molar-refractivity contribution is 8.25. The lowest BCUT2D eigenvalue weighted by Gasteiger charge is -2.12. The molecule has 0 radical (unpaired) electrons. The maximum absolute atomic E-state index is 11.3. The molecule has 74 valence electrons. The first-order chi connectivity index (χ1) is 5.21. The molecule has 0 bridgehead atoms. The monoisotopic (exact) mass is 222 g/mol. The summed E-state index contributed by atoms with van der Waals surface area (Å²) in [7, 11) is -1.63. The summed E-state index contributed by atoms with van der Waals surface area (Å²) >= 11 is 0.866. The number of hydrogen-bond donors (Lipinski definition) is 0. The molecule has 0 unspecified atom stereocenters. The van der Waals surface area contributed by atoms with Gasteiger partial charge in [0, 0.05) is 11.5 Å². The van der Waals surface area contributed by atoms with Crippen LogP contribution in [0.4, 0.5) is 13.2 Å². The molecule has 0 saturated heterocycles. The summed E-state index contributed by atoms with van der Waals surface area (Å²) in [6, 6.07) is 0. The van der Waals surface area contributed by atoms with Crippen molar-refractivity contribution in [2.45, 2.75) is 26.0 Å². The van der Waals surface area contributed by atoms with E-state index in [9.17, 15) is 13.2 Å². The fraction of sp³-hybridized carbons (Fsp3) is 1.00. The molecule has 0 aromatic heterocycles. The molecule has 0 aliphatic rings. The number of halogens is 3. The van der Waals surface area contributed by atoms with Gasteiger partial charge >= 0.3 is 6.36 Å². The van der Waals surface area contributed by atoms with Crippen molar-refractivity contribution < 1.29 is 27.4 Å². The first-order valence-corrected chi connectivity index (χ1v) is 7.94. The molecule has 0 aliphatic carbocycles. The van der Waals surface area contributed by atoms with E-state index in [2.05, 4.69) is 14.3 Å². The zero-order chi connectivity index (χ0) is 9.83. The summed E-state index contributed by atoms with van der Waals surface area (Å²) in [5.74, 6) is 0. The van der Waals surface area contributed by atoms with Gasteiger partial charge in [-0.15, -0.1) is 17.5 Å². The van der Waals surface area contributed by atoms with Gasteiger partial charge in [-0.2, -0.15) is 0 Å². The predicted octanol–water partition coefficient (Wildman–Crippen LogP) is 2.87. The average Bonchev–Trinajstić information content (AvgIpc) is 1.76. The molecule has 0 spiro atoms. The number of alkyl halides is 3. The Kier molecular flexibility index (Phi) is 4.55. The van der Waals surface area contributed by atoms with Gasteiger partial charge in [-0.1, -0.05) is 24.5 Å². The first-order valence-electron chi connectivity index (χ1n) is 2.98. The minimum Gasteiger partial charge on any atom is -0.142 e. The molecule has 0 rings (SSSR count). The Morgan fingerprint density at radius 2 is 1.67 bits per heavy atom. The van der Waals surface area contributed by atoms with Crippen LogP contribution >= 0.6 is 11.5 Å². The van der Waals surface area contributed by atoms with Gasteiger partial charge in [-0.25, -0.2) is 0 Å². The van der Waals surface area contributed by atoms with E-state index in [1.54, 1.807) is 0 Å². The van der Waals surface area contributed by atoms with Crippen molar-refractivity contribution >= 4 is 18.7 Å². The van der Waals surface area contributed by atoms with E-state index in [1.807, 2.05) is 19.6 Å². The maximum atomic E-state index is 11.3. The summed E-state index contributed by atoms with van der Waals surface area (Å²) in [6.45, 7) is 5.65.